The van der Waals surface area contributed by atoms with E-state index in [1.54, 1.807) is 62.6 Å². The largest absolute Gasteiger partial charge is 0.345 e. The van der Waals surface area contributed by atoms with Gasteiger partial charge in [0, 0.05) is 43.8 Å². The molecule has 0 heterocycles. The Morgan fingerprint density at radius 3 is 2.04 bits per heavy atom. The minimum atomic E-state index is -0.231. The van der Waals surface area contributed by atoms with Crippen molar-refractivity contribution in [2.75, 3.05) is 19.4 Å². The Morgan fingerprint density at radius 1 is 0.833 bits per heavy atom. The van der Waals surface area contributed by atoms with Crippen LogP contribution in [-0.2, 0) is 4.79 Å². The molecule has 2 rings (SSSR count). The first-order valence-corrected chi connectivity index (χ1v) is 7.67. The van der Waals surface area contributed by atoms with Gasteiger partial charge < -0.3 is 10.2 Å². The molecule has 0 radical (unpaired) electrons. The summed E-state index contributed by atoms with van der Waals surface area (Å²) in [6, 6.07) is 15.6. The first kappa shape index (κ1) is 17.4. The number of hydrogen-bond donors (Lipinski definition) is 1. The SMILES string of the molecule is CN(C)C(=O)c1ccc(NC(=O)CCC(=O)c2ccccc2)cc1. The normalized spacial score (nSPS) is 10.1. The monoisotopic (exact) mass is 324 g/mol. The van der Waals surface area contributed by atoms with Crippen LogP contribution in [0.15, 0.2) is 54.6 Å². The third-order valence-corrected chi connectivity index (χ3v) is 3.50. The number of carbonyl (C=O) groups is 3. The van der Waals surface area contributed by atoms with E-state index in [9.17, 15) is 14.4 Å². The van der Waals surface area contributed by atoms with Gasteiger partial charge in [0.1, 0.15) is 0 Å². The predicted octanol–water partition coefficient (Wildman–Crippen LogP) is 2.99. The fourth-order valence-electron chi connectivity index (χ4n) is 2.17. The van der Waals surface area contributed by atoms with Crippen LogP contribution >= 0.6 is 0 Å². The molecular formula is C19H20N2O3. The first-order chi connectivity index (χ1) is 11.5. The summed E-state index contributed by atoms with van der Waals surface area (Å²) in [5.74, 6) is -0.384. The molecule has 0 aliphatic carbocycles. The lowest BCUT2D eigenvalue weighted by molar-refractivity contribution is -0.116. The molecule has 0 atom stereocenters. The van der Waals surface area contributed by atoms with Crippen molar-refractivity contribution in [1.82, 2.24) is 4.90 Å². The van der Waals surface area contributed by atoms with E-state index in [1.165, 1.54) is 4.90 Å². The molecule has 0 unspecified atom stereocenters. The molecule has 0 saturated carbocycles. The van der Waals surface area contributed by atoms with Crippen LogP contribution in [0.1, 0.15) is 33.6 Å². The minimum Gasteiger partial charge on any atom is -0.345 e. The van der Waals surface area contributed by atoms with Gasteiger partial charge in [0.05, 0.1) is 0 Å². The van der Waals surface area contributed by atoms with Crippen molar-refractivity contribution < 1.29 is 14.4 Å². The molecule has 124 valence electrons. The highest BCUT2D eigenvalue weighted by Gasteiger charge is 2.10. The lowest BCUT2D eigenvalue weighted by atomic mass is 10.1. The fraction of sp³-hybridized carbons (Fsp3) is 0.211. The maximum atomic E-state index is 12.0. The molecule has 0 bridgehead atoms. The van der Waals surface area contributed by atoms with Crippen LogP contribution in [-0.4, -0.2) is 36.6 Å². The summed E-state index contributed by atoms with van der Waals surface area (Å²) >= 11 is 0. The van der Waals surface area contributed by atoms with E-state index in [4.69, 9.17) is 0 Å². The van der Waals surface area contributed by atoms with Gasteiger partial charge in [0.2, 0.25) is 5.91 Å². The van der Waals surface area contributed by atoms with Crippen LogP contribution in [0.3, 0.4) is 0 Å². The highest BCUT2D eigenvalue weighted by molar-refractivity contribution is 6.00. The summed E-state index contributed by atoms with van der Waals surface area (Å²) in [6.07, 6.45) is 0.277. The highest BCUT2D eigenvalue weighted by atomic mass is 16.2. The number of carbonyl (C=O) groups excluding carboxylic acids is 3. The third-order valence-electron chi connectivity index (χ3n) is 3.50. The molecule has 0 aliphatic rings. The molecule has 0 aliphatic heterocycles. The van der Waals surface area contributed by atoms with Gasteiger partial charge in [-0.25, -0.2) is 0 Å². The molecule has 0 aromatic heterocycles. The minimum absolute atomic E-state index is 0.0577. The van der Waals surface area contributed by atoms with Gasteiger partial charge in [-0.3, -0.25) is 14.4 Å². The lowest BCUT2D eigenvalue weighted by Gasteiger charge is -2.11. The molecule has 5 heteroatoms. The Bertz CT molecular complexity index is 722. The third kappa shape index (κ3) is 4.78. The lowest BCUT2D eigenvalue weighted by Crippen LogP contribution is -2.21. The molecule has 5 nitrogen and oxygen atoms in total. The Hall–Kier alpha value is -2.95. The van der Waals surface area contributed by atoms with Gasteiger partial charge in [0.15, 0.2) is 5.78 Å². The second-order valence-electron chi connectivity index (χ2n) is 5.61. The van der Waals surface area contributed by atoms with Gasteiger partial charge in [-0.1, -0.05) is 30.3 Å². The summed E-state index contributed by atoms with van der Waals surface area (Å²) in [5, 5.41) is 2.73. The molecule has 24 heavy (non-hydrogen) atoms. The van der Waals surface area contributed by atoms with Crippen molar-refractivity contribution in [3.63, 3.8) is 0 Å². The zero-order chi connectivity index (χ0) is 17.5. The molecular weight excluding hydrogens is 304 g/mol. The van der Waals surface area contributed by atoms with Gasteiger partial charge in [-0.05, 0) is 24.3 Å². The van der Waals surface area contributed by atoms with E-state index in [0.717, 1.165) is 0 Å². The van der Waals surface area contributed by atoms with Crippen LogP contribution in [0.4, 0.5) is 5.69 Å². The zero-order valence-corrected chi connectivity index (χ0v) is 13.8. The van der Waals surface area contributed by atoms with E-state index in [-0.39, 0.29) is 30.4 Å². The van der Waals surface area contributed by atoms with Crippen LogP contribution in [0.25, 0.3) is 0 Å². The van der Waals surface area contributed by atoms with Gasteiger partial charge in [-0.15, -0.1) is 0 Å². The van der Waals surface area contributed by atoms with Crippen molar-refractivity contribution in [3.8, 4) is 0 Å². The summed E-state index contributed by atoms with van der Waals surface area (Å²) in [4.78, 5) is 37.2. The number of nitrogens with zero attached hydrogens (tertiary/aromatic N) is 1. The van der Waals surface area contributed by atoms with Crippen LogP contribution < -0.4 is 5.32 Å². The van der Waals surface area contributed by atoms with E-state index in [0.29, 0.717) is 16.8 Å². The topological polar surface area (TPSA) is 66.5 Å². The van der Waals surface area contributed by atoms with E-state index in [1.807, 2.05) is 6.07 Å². The van der Waals surface area contributed by atoms with Crippen molar-refractivity contribution in [1.29, 1.82) is 0 Å². The Labute approximate surface area is 141 Å². The standard InChI is InChI=1S/C19H20N2O3/c1-21(2)19(24)15-8-10-16(11-9-15)20-18(23)13-12-17(22)14-6-4-3-5-7-14/h3-11H,12-13H2,1-2H3,(H,20,23). The summed E-state index contributed by atoms with van der Waals surface area (Å²) < 4.78 is 0. The Kier molecular flexibility index (Phi) is 5.84. The predicted molar refractivity (Wildman–Crippen MR) is 93.1 cm³/mol. The van der Waals surface area contributed by atoms with Crippen molar-refractivity contribution in [2.45, 2.75) is 12.8 Å². The summed E-state index contributed by atoms with van der Waals surface area (Å²) in [5.41, 5.74) is 1.76. The summed E-state index contributed by atoms with van der Waals surface area (Å²) in [6.45, 7) is 0. The number of rotatable bonds is 6. The van der Waals surface area contributed by atoms with Gasteiger partial charge >= 0.3 is 0 Å². The average molecular weight is 324 g/mol. The first-order valence-electron chi connectivity index (χ1n) is 7.67. The number of amides is 2. The van der Waals surface area contributed by atoms with E-state index < -0.39 is 0 Å². The van der Waals surface area contributed by atoms with E-state index >= 15 is 0 Å². The number of nitrogens with one attached hydrogen (secondary N) is 1. The molecule has 1 N–H and O–H groups in total. The zero-order valence-electron chi connectivity index (χ0n) is 13.8. The van der Waals surface area contributed by atoms with Crippen molar-refractivity contribution in [3.05, 3.63) is 65.7 Å². The van der Waals surface area contributed by atoms with Crippen molar-refractivity contribution >= 4 is 23.3 Å². The molecule has 2 aromatic carbocycles. The van der Waals surface area contributed by atoms with Crippen LogP contribution in [0.5, 0.6) is 0 Å². The summed E-state index contributed by atoms with van der Waals surface area (Å²) in [7, 11) is 3.36. The molecule has 0 fully saturated rings. The Balaban J connectivity index is 1.86. The molecule has 0 saturated heterocycles. The molecule has 2 aromatic rings. The number of Topliss-reactive ketones (excluding diaryl/α,β-unsaturated/α-hetero) is 1. The second kappa shape index (κ2) is 8.06. The number of ketones is 1. The maximum absolute atomic E-state index is 12.0. The van der Waals surface area contributed by atoms with Crippen molar-refractivity contribution in [2.24, 2.45) is 0 Å². The van der Waals surface area contributed by atoms with Gasteiger partial charge in [0.25, 0.3) is 5.91 Å². The second-order valence-corrected chi connectivity index (χ2v) is 5.61. The number of benzene rings is 2. The quantitative estimate of drug-likeness (QED) is 0.831. The van der Waals surface area contributed by atoms with E-state index in [2.05, 4.69) is 5.32 Å². The fourth-order valence-corrected chi connectivity index (χ4v) is 2.17. The number of anilines is 1. The molecule has 0 spiro atoms. The average Bonchev–Trinajstić information content (AvgIpc) is 2.60. The number of hydrogen-bond acceptors (Lipinski definition) is 3. The maximum Gasteiger partial charge on any atom is 0.253 e. The smallest absolute Gasteiger partial charge is 0.253 e. The molecule has 2 amide bonds. The highest BCUT2D eigenvalue weighted by Crippen LogP contribution is 2.12. The Morgan fingerprint density at radius 2 is 1.46 bits per heavy atom. The van der Waals surface area contributed by atoms with Crippen LogP contribution in [0.2, 0.25) is 0 Å². The van der Waals surface area contributed by atoms with Gasteiger partial charge in [-0.2, -0.15) is 0 Å². The van der Waals surface area contributed by atoms with Crippen LogP contribution in [0, 0.1) is 0 Å².